The van der Waals surface area contributed by atoms with E-state index in [1.165, 1.54) is 5.56 Å². The average Bonchev–Trinajstić information content (AvgIpc) is 2.43. The van der Waals surface area contributed by atoms with Crippen LogP contribution in [0.25, 0.3) is 11.6 Å². The first kappa shape index (κ1) is 8.95. The van der Waals surface area contributed by atoms with Gasteiger partial charge in [-0.05, 0) is 36.6 Å². The number of hydrogen-bond donors (Lipinski definition) is 0. The summed E-state index contributed by atoms with van der Waals surface area (Å²) >= 11 is 0. The van der Waals surface area contributed by atoms with Gasteiger partial charge < -0.3 is 0 Å². The molecule has 0 atom stereocenters. The van der Waals surface area contributed by atoms with Crippen molar-refractivity contribution >= 4 is 17.4 Å². The van der Waals surface area contributed by atoms with Gasteiger partial charge in [0.15, 0.2) is 5.78 Å². The topological polar surface area (TPSA) is 17.1 Å². The largest absolute Gasteiger partial charge is 0.294 e. The predicted molar refractivity (Wildman–Crippen MR) is 58.9 cm³/mol. The molecule has 0 radical (unpaired) electrons. The molecule has 1 heteroatoms. The Bertz CT molecular complexity index is 464. The van der Waals surface area contributed by atoms with E-state index in [-0.39, 0.29) is 5.78 Å². The summed E-state index contributed by atoms with van der Waals surface area (Å²) in [5.74, 6) is 0.0869. The maximum absolute atomic E-state index is 11.3. The fourth-order valence-electron chi connectivity index (χ4n) is 1.78. The van der Waals surface area contributed by atoms with E-state index in [0.29, 0.717) is 0 Å². The molecule has 1 aromatic carbocycles. The van der Waals surface area contributed by atoms with Gasteiger partial charge in [0.2, 0.25) is 0 Å². The Hall–Kier alpha value is -1.63. The first-order valence-corrected chi connectivity index (χ1v) is 4.62. The summed E-state index contributed by atoms with van der Waals surface area (Å²) in [6.07, 6.45) is 1.92. The van der Waals surface area contributed by atoms with Crippen molar-refractivity contribution in [2.75, 3.05) is 0 Å². The zero-order chi connectivity index (χ0) is 10.3. The first-order valence-electron chi connectivity index (χ1n) is 4.62. The van der Waals surface area contributed by atoms with E-state index >= 15 is 0 Å². The lowest BCUT2D eigenvalue weighted by Crippen LogP contribution is -1.93. The van der Waals surface area contributed by atoms with Gasteiger partial charge in [0.05, 0.1) is 0 Å². The monoisotopic (exact) mass is 184 g/mol. The molecule has 0 saturated carbocycles. The van der Waals surface area contributed by atoms with Gasteiger partial charge in [0, 0.05) is 5.57 Å². The van der Waals surface area contributed by atoms with Gasteiger partial charge >= 0.3 is 0 Å². The van der Waals surface area contributed by atoms with E-state index < -0.39 is 0 Å². The van der Waals surface area contributed by atoms with Crippen LogP contribution in [0.15, 0.2) is 30.4 Å². The Morgan fingerprint density at radius 2 is 2.07 bits per heavy atom. The number of rotatable bonds is 1. The van der Waals surface area contributed by atoms with E-state index in [0.717, 1.165) is 22.3 Å². The molecule has 1 aromatic rings. The van der Waals surface area contributed by atoms with Crippen molar-refractivity contribution in [1.29, 1.82) is 0 Å². The molecule has 0 spiro atoms. The third-order valence-corrected chi connectivity index (χ3v) is 2.54. The van der Waals surface area contributed by atoms with E-state index in [1.54, 1.807) is 6.92 Å². The van der Waals surface area contributed by atoms with Gasteiger partial charge in [-0.3, -0.25) is 4.79 Å². The highest BCUT2D eigenvalue weighted by Crippen LogP contribution is 2.34. The van der Waals surface area contributed by atoms with Crippen molar-refractivity contribution in [3.63, 3.8) is 0 Å². The van der Waals surface area contributed by atoms with E-state index in [2.05, 4.69) is 12.6 Å². The Balaban J connectivity index is 2.58. The number of benzene rings is 1. The molecule has 0 N–H and O–H groups in total. The summed E-state index contributed by atoms with van der Waals surface area (Å²) in [6.45, 7) is 7.56. The summed E-state index contributed by atoms with van der Waals surface area (Å²) < 4.78 is 0. The van der Waals surface area contributed by atoms with Crippen molar-refractivity contribution < 1.29 is 4.79 Å². The zero-order valence-corrected chi connectivity index (χ0v) is 8.42. The lowest BCUT2D eigenvalue weighted by Gasteiger charge is -2.02. The van der Waals surface area contributed by atoms with E-state index in [4.69, 9.17) is 0 Å². The van der Waals surface area contributed by atoms with Crippen LogP contribution >= 0.6 is 0 Å². The van der Waals surface area contributed by atoms with Crippen molar-refractivity contribution in [2.45, 2.75) is 13.8 Å². The van der Waals surface area contributed by atoms with Gasteiger partial charge in [-0.1, -0.05) is 30.3 Å². The summed E-state index contributed by atoms with van der Waals surface area (Å²) in [4.78, 5) is 11.3. The number of carbonyl (C=O) groups excluding carboxylic acids is 1. The summed E-state index contributed by atoms with van der Waals surface area (Å²) in [7, 11) is 0. The van der Waals surface area contributed by atoms with Gasteiger partial charge in [-0.25, -0.2) is 0 Å². The Morgan fingerprint density at radius 3 is 2.71 bits per heavy atom. The molecular formula is C13H12O. The van der Waals surface area contributed by atoms with Crippen molar-refractivity contribution in [2.24, 2.45) is 0 Å². The van der Waals surface area contributed by atoms with Gasteiger partial charge in [0.25, 0.3) is 0 Å². The highest BCUT2D eigenvalue weighted by molar-refractivity contribution is 6.16. The van der Waals surface area contributed by atoms with Crippen LogP contribution < -0.4 is 0 Å². The van der Waals surface area contributed by atoms with Crippen LogP contribution in [0.3, 0.4) is 0 Å². The van der Waals surface area contributed by atoms with Crippen LogP contribution in [0.1, 0.15) is 23.6 Å². The second kappa shape index (κ2) is 2.95. The number of ketones is 1. The summed E-state index contributed by atoms with van der Waals surface area (Å²) in [5.41, 5.74) is 5.00. The first-order chi connectivity index (χ1) is 6.59. The molecule has 0 unspecified atom stereocenters. The minimum absolute atomic E-state index is 0.0869. The molecule has 0 amide bonds. The highest BCUT2D eigenvalue weighted by atomic mass is 16.1. The van der Waals surface area contributed by atoms with Crippen LogP contribution in [-0.4, -0.2) is 5.78 Å². The number of aryl methyl sites for hydroxylation is 1. The third-order valence-electron chi connectivity index (χ3n) is 2.54. The van der Waals surface area contributed by atoms with Crippen molar-refractivity contribution in [3.8, 4) is 0 Å². The Kier molecular flexibility index (Phi) is 1.88. The predicted octanol–water partition coefficient (Wildman–Crippen LogP) is 2.99. The molecule has 1 aliphatic carbocycles. The van der Waals surface area contributed by atoms with Crippen LogP contribution in [0, 0.1) is 6.92 Å². The summed E-state index contributed by atoms with van der Waals surface area (Å²) in [5, 5.41) is 0. The van der Waals surface area contributed by atoms with Gasteiger partial charge in [-0.15, -0.1) is 0 Å². The lowest BCUT2D eigenvalue weighted by atomic mass is 10.0. The van der Waals surface area contributed by atoms with Crippen molar-refractivity contribution in [1.82, 2.24) is 0 Å². The minimum atomic E-state index is 0.0869. The minimum Gasteiger partial charge on any atom is -0.294 e. The zero-order valence-electron chi connectivity index (χ0n) is 8.42. The average molecular weight is 184 g/mol. The molecule has 2 rings (SSSR count). The molecule has 14 heavy (non-hydrogen) atoms. The molecule has 70 valence electrons. The fraction of sp³-hybridized carbons (Fsp3) is 0.154. The summed E-state index contributed by atoms with van der Waals surface area (Å²) in [6, 6.07) is 6.15. The molecule has 1 aliphatic rings. The Morgan fingerprint density at radius 1 is 1.36 bits per heavy atom. The normalized spacial score (nSPS) is 13.9. The molecule has 0 saturated heterocycles. The van der Waals surface area contributed by atoms with Crippen LogP contribution in [0.5, 0.6) is 0 Å². The van der Waals surface area contributed by atoms with E-state index in [1.807, 2.05) is 25.1 Å². The van der Waals surface area contributed by atoms with Crippen LogP contribution in [0.2, 0.25) is 0 Å². The molecule has 0 aliphatic heterocycles. The molecule has 0 fully saturated rings. The molecule has 0 heterocycles. The maximum Gasteiger partial charge on any atom is 0.160 e. The second-order valence-electron chi connectivity index (χ2n) is 3.68. The highest BCUT2D eigenvalue weighted by Gasteiger charge is 2.19. The molecule has 1 nitrogen and oxygen atoms in total. The number of hydrogen-bond acceptors (Lipinski definition) is 1. The number of carbonyl (C=O) groups is 1. The number of fused-ring (bicyclic) bond motifs is 1. The quantitative estimate of drug-likeness (QED) is 0.655. The van der Waals surface area contributed by atoms with Crippen LogP contribution in [-0.2, 0) is 4.79 Å². The van der Waals surface area contributed by atoms with Gasteiger partial charge in [0.1, 0.15) is 0 Å². The molecule has 0 aromatic heterocycles. The number of Topliss-reactive ketones (excluding diaryl/α,β-unsaturated/α-hetero) is 1. The standard InChI is InChI=1S/C13H12O/c1-8-4-5-12-9(2)13(10(3)14)7-11(12)6-8/h4-7H,2H2,1,3H3. The molecular weight excluding hydrogens is 172 g/mol. The van der Waals surface area contributed by atoms with Crippen LogP contribution in [0.4, 0.5) is 0 Å². The van der Waals surface area contributed by atoms with E-state index in [9.17, 15) is 4.79 Å². The van der Waals surface area contributed by atoms with Gasteiger partial charge in [-0.2, -0.15) is 0 Å². The SMILES string of the molecule is C=C1C(C(C)=O)=Cc2cc(C)ccc21. The lowest BCUT2D eigenvalue weighted by molar-refractivity contribution is -0.113. The smallest absolute Gasteiger partial charge is 0.160 e. The second-order valence-corrected chi connectivity index (χ2v) is 3.68. The third kappa shape index (κ3) is 1.22. The number of allylic oxidation sites excluding steroid dienone is 2. The fourth-order valence-corrected chi connectivity index (χ4v) is 1.78. The maximum atomic E-state index is 11.3. The van der Waals surface area contributed by atoms with Crippen molar-refractivity contribution in [3.05, 3.63) is 47.0 Å². The molecule has 0 bridgehead atoms. The Labute approximate surface area is 83.8 Å².